The van der Waals surface area contributed by atoms with Crippen LogP contribution in [0, 0.1) is 0 Å². The van der Waals surface area contributed by atoms with Crippen LogP contribution in [0.25, 0.3) is 0 Å². The molecule has 0 aliphatic rings. The van der Waals surface area contributed by atoms with Gasteiger partial charge in [-0.05, 0) is 25.0 Å². The Bertz CT molecular complexity index is 239. The van der Waals surface area contributed by atoms with Gasteiger partial charge < -0.3 is 10.8 Å². The monoisotopic (exact) mass is 205 g/mol. The van der Waals surface area contributed by atoms with Gasteiger partial charge in [0.1, 0.15) is 0 Å². The van der Waals surface area contributed by atoms with Gasteiger partial charge in [-0.3, -0.25) is 0 Å². The van der Waals surface area contributed by atoms with Crippen LogP contribution in [0.5, 0.6) is 0 Å². The summed E-state index contributed by atoms with van der Waals surface area (Å²) >= 11 is 7.26. The Morgan fingerprint density at radius 2 is 2.33 bits per heavy atom. The minimum atomic E-state index is 0.0228. The number of halogens is 1. The largest absolute Gasteiger partial charge is 0.396 e. The Morgan fingerprint density at radius 3 is 2.83 bits per heavy atom. The maximum absolute atomic E-state index is 8.59. The smallest absolute Gasteiger partial charge is 0.0931 e. The molecule has 4 heteroatoms. The molecule has 0 amide bonds. The number of nitrogens with two attached hydrogens (primary N) is 1. The van der Waals surface area contributed by atoms with Crippen LogP contribution in [0.2, 0.25) is 4.34 Å². The zero-order chi connectivity index (χ0) is 8.97. The summed E-state index contributed by atoms with van der Waals surface area (Å²) in [4.78, 5) is 1.09. The Morgan fingerprint density at radius 1 is 1.58 bits per heavy atom. The van der Waals surface area contributed by atoms with Crippen molar-refractivity contribution in [2.24, 2.45) is 5.73 Å². The lowest BCUT2D eigenvalue weighted by molar-refractivity contribution is 0.280. The second-order valence-electron chi connectivity index (χ2n) is 2.61. The molecule has 0 saturated heterocycles. The molecule has 0 aliphatic heterocycles. The van der Waals surface area contributed by atoms with E-state index in [1.54, 1.807) is 0 Å². The third kappa shape index (κ3) is 2.75. The molecule has 0 aromatic carbocycles. The van der Waals surface area contributed by atoms with E-state index in [-0.39, 0.29) is 12.6 Å². The summed E-state index contributed by atoms with van der Waals surface area (Å²) in [6.45, 7) is 0.201. The Kier molecular flexibility index (Phi) is 4.01. The van der Waals surface area contributed by atoms with E-state index in [1.807, 2.05) is 12.1 Å². The molecule has 0 bridgehead atoms. The molecule has 0 spiro atoms. The van der Waals surface area contributed by atoms with Gasteiger partial charge in [-0.15, -0.1) is 11.3 Å². The Balaban J connectivity index is 2.47. The van der Waals surface area contributed by atoms with E-state index in [4.69, 9.17) is 22.4 Å². The van der Waals surface area contributed by atoms with Crippen molar-refractivity contribution in [1.82, 2.24) is 0 Å². The van der Waals surface area contributed by atoms with Crippen LogP contribution in [0.4, 0.5) is 0 Å². The number of hydrogen-bond donors (Lipinski definition) is 2. The van der Waals surface area contributed by atoms with E-state index < -0.39 is 0 Å². The highest BCUT2D eigenvalue weighted by Gasteiger charge is 2.07. The summed E-state index contributed by atoms with van der Waals surface area (Å²) in [5.74, 6) is 0. The summed E-state index contributed by atoms with van der Waals surface area (Å²) in [6.07, 6.45) is 1.56. The highest BCUT2D eigenvalue weighted by molar-refractivity contribution is 7.16. The molecule has 68 valence electrons. The van der Waals surface area contributed by atoms with Crippen LogP contribution in [0.3, 0.4) is 0 Å². The zero-order valence-corrected chi connectivity index (χ0v) is 8.24. The molecule has 12 heavy (non-hydrogen) atoms. The van der Waals surface area contributed by atoms with Gasteiger partial charge in [0.05, 0.1) is 4.34 Å². The van der Waals surface area contributed by atoms with Gasteiger partial charge in [0.2, 0.25) is 0 Å². The molecule has 1 rings (SSSR count). The molecule has 0 saturated carbocycles. The highest BCUT2D eigenvalue weighted by atomic mass is 35.5. The Labute approximate surface area is 81.0 Å². The van der Waals surface area contributed by atoms with Crippen molar-refractivity contribution in [3.8, 4) is 0 Å². The van der Waals surface area contributed by atoms with Gasteiger partial charge in [-0.1, -0.05) is 11.6 Å². The van der Waals surface area contributed by atoms with Gasteiger partial charge in [0, 0.05) is 17.5 Å². The van der Waals surface area contributed by atoms with Crippen molar-refractivity contribution < 1.29 is 5.11 Å². The number of hydrogen-bond acceptors (Lipinski definition) is 3. The van der Waals surface area contributed by atoms with Gasteiger partial charge >= 0.3 is 0 Å². The summed E-state index contributed by atoms with van der Waals surface area (Å²) < 4.78 is 0.768. The fourth-order valence-electron chi connectivity index (χ4n) is 0.981. The van der Waals surface area contributed by atoms with Gasteiger partial charge in [0.25, 0.3) is 0 Å². The van der Waals surface area contributed by atoms with Crippen LogP contribution >= 0.6 is 22.9 Å². The fourth-order valence-corrected chi connectivity index (χ4v) is 2.08. The zero-order valence-electron chi connectivity index (χ0n) is 6.66. The standard InChI is InChI=1S/C8H12ClNOS/c9-8-4-3-7(12-8)6(10)2-1-5-11/h3-4,6,11H,1-2,5,10H2/t6-/m1/s1. The first-order valence-corrected chi connectivity index (χ1v) is 5.05. The molecule has 0 unspecified atom stereocenters. The maximum atomic E-state index is 8.59. The predicted octanol–water partition coefficient (Wildman–Crippen LogP) is 2.17. The number of rotatable bonds is 4. The second kappa shape index (κ2) is 4.82. The van der Waals surface area contributed by atoms with Crippen molar-refractivity contribution in [3.05, 3.63) is 21.3 Å². The van der Waals surface area contributed by atoms with Crippen LogP contribution in [0.1, 0.15) is 23.8 Å². The molecule has 1 aromatic rings. The normalized spacial score (nSPS) is 13.2. The first kappa shape index (κ1) is 9.99. The van der Waals surface area contributed by atoms with Gasteiger partial charge in [-0.25, -0.2) is 0 Å². The molecule has 1 aromatic heterocycles. The molecule has 2 nitrogen and oxygen atoms in total. The third-order valence-corrected chi connectivity index (χ3v) is 3.00. The van der Waals surface area contributed by atoms with E-state index >= 15 is 0 Å². The molecule has 0 fully saturated rings. The fraction of sp³-hybridized carbons (Fsp3) is 0.500. The van der Waals surface area contributed by atoms with Gasteiger partial charge in [-0.2, -0.15) is 0 Å². The van der Waals surface area contributed by atoms with E-state index in [1.165, 1.54) is 11.3 Å². The summed E-state index contributed by atoms with van der Waals surface area (Å²) in [5, 5.41) is 8.59. The maximum Gasteiger partial charge on any atom is 0.0931 e. The topological polar surface area (TPSA) is 46.2 Å². The molecular weight excluding hydrogens is 194 g/mol. The first-order chi connectivity index (χ1) is 5.74. The lowest BCUT2D eigenvalue weighted by atomic mass is 10.1. The average Bonchev–Trinajstić information content (AvgIpc) is 2.47. The number of aliphatic hydroxyl groups excluding tert-OH is 1. The molecular formula is C8H12ClNOS. The van der Waals surface area contributed by atoms with Crippen LogP contribution in [-0.4, -0.2) is 11.7 Å². The summed E-state index contributed by atoms with van der Waals surface area (Å²) in [7, 11) is 0. The SMILES string of the molecule is N[C@H](CCCO)c1ccc(Cl)s1. The highest BCUT2D eigenvalue weighted by Crippen LogP contribution is 2.27. The van der Waals surface area contributed by atoms with E-state index in [2.05, 4.69) is 0 Å². The van der Waals surface area contributed by atoms with Crippen molar-refractivity contribution in [2.45, 2.75) is 18.9 Å². The van der Waals surface area contributed by atoms with Crippen LogP contribution in [0.15, 0.2) is 12.1 Å². The average molecular weight is 206 g/mol. The minimum Gasteiger partial charge on any atom is -0.396 e. The van der Waals surface area contributed by atoms with Crippen molar-refractivity contribution >= 4 is 22.9 Å². The third-order valence-electron chi connectivity index (χ3n) is 1.63. The second-order valence-corrected chi connectivity index (χ2v) is 4.36. The number of thiophene rings is 1. The van der Waals surface area contributed by atoms with Gasteiger partial charge in [0.15, 0.2) is 0 Å². The number of aliphatic hydroxyl groups is 1. The van der Waals surface area contributed by atoms with E-state index in [9.17, 15) is 0 Å². The van der Waals surface area contributed by atoms with E-state index in [0.29, 0.717) is 0 Å². The quantitative estimate of drug-likeness (QED) is 0.792. The van der Waals surface area contributed by atoms with Crippen molar-refractivity contribution in [3.63, 3.8) is 0 Å². The lowest BCUT2D eigenvalue weighted by Gasteiger charge is -2.06. The van der Waals surface area contributed by atoms with Crippen LogP contribution in [-0.2, 0) is 0 Å². The van der Waals surface area contributed by atoms with Crippen LogP contribution < -0.4 is 5.73 Å². The van der Waals surface area contributed by atoms with E-state index in [0.717, 1.165) is 22.1 Å². The summed E-state index contributed by atoms with van der Waals surface area (Å²) in [6, 6.07) is 3.81. The first-order valence-electron chi connectivity index (χ1n) is 3.85. The molecule has 1 heterocycles. The Hall–Kier alpha value is -0.0900. The molecule has 3 N–H and O–H groups in total. The summed E-state index contributed by atoms with van der Waals surface area (Å²) in [5.41, 5.74) is 5.84. The predicted molar refractivity (Wildman–Crippen MR) is 52.6 cm³/mol. The van der Waals surface area contributed by atoms with Crippen molar-refractivity contribution in [1.29, 1.82) is 0 Å². The minimum absolute atomic E-state index is 0.0228. The molecule has 1 atom stereocenters. The lowest BCUT2D eigenvalue weighted by Crippen LogP contribution is -2.08. The van der Waals surface area contributed by atoms with Crippen molar-refractivity contribution in [2.75, 3.05) is 6.61 Å². The molecule has 0 aliphatic carbocycles. The molecule has 0 radical (unpaired) electrons.